The molecule has 0 aliphatic heterocycles. The van der Waals surface area contributed by atoms with E-state index in [9.17, 15) is 15.0 Å². The summed E-state index contributed by atoms with van der Waals surface area (Å²) in [5.74, 6) is 1.30. The molecule has 0 amide bonds. The highest BCUT2D eigenvalue weighted by atomic mass is 16.4. The standard InChI is InChI=1S/C24H41NO4/c1-13(4-7-21(28)29)16-5-6-17-22-18(12-20(27)24(16,17)3)23(2)9-8-15(25)10-14(23)11-19(22)26/h13-20,22,26-27H,4-12,25H2,1-3H3,(H,28,29)/t13-,14?,15+,16-,17+,18+,19-,20+,22+,23+,24-/m1/s1. The van der Waals surface area contributed by atoms with Crippen molar-refractivity contribution in [3.05, 3.63) is 0 Å². The first-order valence-electron chi connectivity index (χ1n) is 11.9. The third kappa shape index (κ3) is 3.27. The lowest BCUT2D eigenvalue weighted by molar-refractivity contribution is -0.202. The van der Waals surface area contributed by atoms with Crippen molar-refractivity contribution in [3.8, 4) is 0 Å². The first-order valence-corrected chi connectivity index (χ1v) is 11.9. The maximum absolute atomic E-state index is 11.5. The fourth-order valence-corrected chi connectivity index (χ4v) is 8.74. The van der Waals surface area contributed by atoms with Gasteiger partial charge in [-0.3, -0.25) is 4.79 Å². The average molecular weight is 408 g/mol. The Morgan fingerprint density at radius 1 is 1.10 bits per heavy atom. The van der Waals surface area contributed by atoms with Crippen LogP contribution in [0.2, 0.25) is 0 Å². The Kier molecular flexibility index (Phi) is 5.57. The first kappa shape index (κ1) is 21.6. The molecule has 166 valence electrons. The molecular weight excluding hydrogens is 366 g/mol. The summed E-state index contributed by atoms with van der Waals surface area (Å²) in [6.07, 6.45) is 7.09. The number of nitrogens with two attached hydrogens (primary N) is 1. The fourth-order valence-electron chi connectivity index (χ4n) is 8.74. The molecule has 29 heavy (non-hydrogen) atoms. The van der Waals surface area contributed by atoms with Crippen molar-refractivity contribution in [1.29, 1.82) is 0 Å². The minimum atomic E-state index is -0.738. The lowest BCUT2D eigenvalue weighted by Crippen LogP contribution is -2.62. The highest BCUT2D eigenvalue weighted by Gasteiger charge is 2.65. The molecule has 4 rings (SSSR count). The Morgan fingerprint density at radius 3 is 2.52 bits per heavy atom. The second-order valence-electron chi connectivity index (χ2n) is 11.5. The zero-order valence-corrected chi connectivity index (χ0v) is 18.4. The van der Waals surface area contributed by atoms with E-state index in [4.69, 9.17) is 10.8 Å². The minimum Gasteiger partial charge on any atom is -0.481 e. The number of aliphatic hydroxyl groups is 2. The molecule has 4 fully saturated rings. The van der Waals surface area contributed by atoms with Crippen molar-refractivity contribution in [3.63, 3.8) is 0 Å². The third-order valence-corrected chi connectivity index (χ3v) is 10.4. The lowest BCUT2D eigenvalue weighted by Gasteiger charge is -2.63. The van der Waals surface area contributed by atoms with Crippen molar-refractivity contribution >= 4 is 5.97 Å². The Morgan fingerprint density at radius 2 is 1.83 bits per heavy atom. The van der Waals surface area contributed by atoms with E-state index >= 15 is 0 Å². The topological polar surface area (TPSA) is 104 Å². The normalized spacial score (nSPS) is 52.9. The largest absolute Gasteiger partial charge is 0.481 e. The van der Waals surface area contributed by atoms with Gasteiger partial charge in [0.15, 0.2) is 0 Å². The summed E-state index contributed by atoms with van der Waals surface area (Å²) < 4.78 is 0. The van der Waals surface area contributed by atoms with Gasteiger partial charge in [-0.05, 0) is 97.7 Å². The van der Waals surface area contributed by atoms with Gasteiger partial charge in [-0.1, -0.05) is 20.8 Å². The van der Waals surface area contributed by atoms with Gasteiger partial charge in [0.25, 0.3) is 0 Å². The molecule has 0 spiro atoms. The Hall–Kier alpha value is -0.650. The molecule has 0 heterocycles. The quantitative estimate of drug-likeness (QED) is 0.572. The van der Waals surface area contributed by atoms with Gasteiger partial charge in [0.05, 0.1) is 12.2 Å². The van der Waals surface area contributed by atoms with Gasteiger partial charge in [-0.15, -0.1) is 0 Å². The number of aliphatic hydroxyl groups excluding tert-OH is 2. The summed E-state index contributed by atoms with van der Waals surface area (Å²) >= 11 is 0. The number of fused-ring (bicyclic) bond motifs is 5. The number of hydrogen-bond donors (Lipinski definition) is 4. The number of aliphatic carboxylic acids is 1. The molecule has 4 aliphatic rings. The molecular formula is C24H41NO4. The highest BCUT2D eigenvalue weighted by Crippen LogP contribution is 2.68. The summed E-state index contributed by atoms with van der Waals surface area (Å²) in [5.41, 5.74) is 6.24. The SMILES string of the molecule is C[C@H](CCC(=O)O)[C@H]1CC[C@H]2[C@@H]3[C@H](O)CC4C[C@@H](N)CC[C@]4(C)[C@H]3C[C@H](O)[C@]12C. The zero-order chi connectivity index (χ0) is 21.1. The average Bonchev–Trinajstić information content (AvgIpc) is 3.01. The molecule has 5 nitrogen and oxygen atoms in total. The summed E-state index contributed by atoms with van der Waals surface area (Å²) in [7, 11) is 0. The van der Waals surface area contributed by atoms with Crippen molar-refractivity contribution in [2.75, 3.05) is 0 Å². The van der Waals surface area contributed by atoms with Crippen molar-refractivity contribution in [2.45, 2.75) is 96.8 Å². The second kappa shape index (κ2) is 7.49. The maximum atomic E-state index is 11.5. The smallest absolute Gasteiger partial charge is 0.303 e. The Labute approximate surface area is 175 Å². The van der Waals surface area contributed by atoms with E-state index in [1.165, 1.54) is 0 Å². The Bertz CT molecular complexity index is 640. The molecule has 4 saturated carbocycles. The van der Waals surface area contributed by atoms with E-state index < -0.39 is 5.97 Å². The summed E-state index contributed by atoms with van der Waals surface area (Å²) in [6, 6.07) is 0.251. The van der Waals surface area contributed by atoms with Gasteiger partial charge in [0.2, 0.25) is 0 Å². The predicted octanol–water partition coefficient (Wildman–Crippen LogP) is 3.42. The van der Waals surface area contributed by atoms with Crippen molar-refractivity contribution < 1.29 is 20.1 Å². The number of rotatable bonds is 4. The summed E-state index contributed by atoms with van der Waals surface area (Å²) in [6.45, 7) is 6.81. The van der Waals surface area contributed by atoms with E-state index in [1.807, 2.05) is 0 Å². The van der Waals surface area contributed by atoms with Gasteiger partial charge in [0, 0.05) is 12.5 Å². The second-order valence-corrected chi connectivity index (χ2v) is 11.5. The van der Waals surface area contributed by atoms with Crippen LogP contribution in [0.4, 0.5) is 0 Å². The molecule has 0 saturated heterocycles. The van der Waals surface area contributed by atoms with Crippen LogP contribution in [0.15, 0.2) is 0 Å². The predicted molar refractivity (Wildman–Crippen MR) is 112 cm³/mol. The minimum absolute atomic E-state index is 0.176. The van der Waals surface area contributed by atoms with Crippen LogP contribution in [-0.2, 0) is 4.79 Å². The van der Waals surface area contributed by atoms with Crippen LogP contribution < -0.4 is 5.73 Å². The van der Waals surface area contributed by atoms with Crippen LogP contribution in [-0.4, -0.2) is 39.5 Å². The molecule has 5 heteroatoms. The number of carboxylic acids is 1. The van der Waals surface area contributed by atoms with E-state index in [0.29, 0.717) is 30.1 Å². The van der Waals surface area contributed by atoms with Gasteiger partial charge in [0.1, 0.15) is 0 Å². The molecule has 0 bridgehead atoms. The molecule has 0 aromatic carbocycles. The van der Waals surface area contributed by atoms with Gasteiger partial charge in [-0.25, -0.2) is 0 Å². The van der Waals surface area contributed by atoms with Crippen LogP contribution in [0.1, 0.15) is 78.6 Å². The van der Waals surface area contributed by atoms with Gasteiger partial charge < -0.3 is 21.1 Å². The maximum Gasteiger partial charge on any atom is 0.303 e. The van der Waals surface area contributed by atoms with Gasteiger partial charge >= 0.3 is 5.97 Å². The van der Waals surface area contributed by atoms with E-state index in [0.717, 1.165) is 44.9 Å². The molecule has 0 radical (unpaired) electrons. The zero-order valence-electron chi connectivity index (χ0n) is 18.4. The monoisotopic (exact) mass is 407 g/mol. The van der Waals surface area contributed by atoms with Crippen LogP contribution in [0, 0.1) is 46.3 Å². The van der Waals surface area contributed by atoms with E-state index in [2.05, 4.69) is 20.8 Å². The summed E-state index contributed by atoms with van der Waals surface area (Å²) in [5, 5.41) is 31.9. The van der Waals surface area contributed by atoms with E-state index in [-0.39, 0.29) is 47.3 Å². The highest BCUT2D eigenvalue weighted by molar-refractivity contribution is 5.66. The van der Waals surface area contributed by atoms with Crippen LogP contribution >= 0.6 is 0 Å². The number of carboxylic acid groups (broad SMARTS) is 1. The van der Waals surface area contributed by atoms with Gasteiger partial charge in [-0.2, -0.15) is 0 Å². The fraction of sp³-hybridized carbons (Fsp3) is 0.958. The third-order valence-electron chi connectivity index (χ3n) is 10.4. The summed E-state index contributed by atoms with van der Waals surface area (Å²) in [4.78, 5) is 11.1. The number of carbonyl (C=O) groups is 1. The van der Waals surface area contributed by atoms with E-state index in [1.54, 1.807) is 0 Å². The molecule has 11 atom stereocenters. The molecule has 1 unspecified atom stereocenters. The van der Waals surface area contributed by atoms with Crippen LogP contribution in [0.25, 0.3) is 0 Å². The number of hydrogen-bond acceptors (Lipinski definition) is 4. The first-order chi connectivity index (χ1) is 13.6. The molecule has 0 aromatic rings. The molecule has 0 aromatic heterocycles. The molecule has 4 aliphatic carbocycles. The van der Waals surface area contributed by atoms with Crippen LogP contribution in [0.3, 0.4) is 0 Å². The van der Waals surface area contributed by atoms with Crippen molar-refractivity contribution in [2.24, 2.45) is 52.1 Å². The molecule has 5 N–H and O–H groups in total. The Balaban J connectivity index is 1.61. The lowest BCUT2D eigenvalue weighted by atomic mass is 9.43. The van der Waals surface area contributed by atoms with Crippen LogP contribution in [0.5, 0.6) is 0 Å². The van der Waals surface area contributed by atoms with Crippen molar-refractivity contribution in [1.82, 2.24) is 0 Å².